The maximum Gasteiger partial charge on any atom is 0.136 e. The number of hydrogen-bond acceptors (Lipinski definition) is 3. The van der Waals surface area contributed by atoms with Gasteiger partial charge in [0.25, 0.3) is 0 Å². The van der Waals surface area contributed by atoms with Crippen molar-refractivity contribution in [2.75, 3.05) is 13.7 Å². The van der Waals surface area contributed by atoms with Crippen molar-refractivity contribution in [3.63, 3.8) is 0 Å². The highest BCUT2D eigenvalue weighted by molar-refractivity contribution is 5.46. The second kappa shape index (κ2) is 3.08. The van der Waals surface area contributed by atoms with Crippen molar-refractivity contribution in [3.05, 3.63) is 29.3 Å². The predicted molar refractivity (Wildman–Crippen MR) is 46.4 cm³/mol. The molecule has 0 bridgehead atoms. The largest absolute Gasteiger partial charge is 0.495 e. The minimum Gasteiger partial charge on any atom is -0.495 e. The van der Waals surface area contributed by atoms with Gasteiger partial charge in [0, 0.05) is 0 Å². The minimum absolute atomic E-state index is 0.210. The van der Waals surface area contributed by atoms with Gasteiger partial charge < -0.3 is 9.47 Å². The van der Waals surface area contributed by atoms with E-state index in [9.17, 15) is 0 Å². The zero-order valence-corrected chi connectivity index (χ0v) is 7.28. The molecule has 0 amide bonds. The number of nitrogens with zero attached hydrogens (tertiary/aromatic N) is 1. The van der Waals surface area contributed by atoms with Crippen LogP contribution >= 0.6 is 0 Å². The van der Waals surface area contributed by atoms with Gasteiger partial charge >= 0.3 is 0 Å². The maximum absolute atomic E-state index is 8.73. The van der Waals surface area contributed by atoms with Crippen molar-refractivity contribution in [3.8, 4) is 11.8 Å². The van der Waals surface area contributed by atoms with Crippen LogP contribution in [0.15, 0.2) is 18.2 Å². The average Bonchev–Trinajstić information content (AvgIpc) is 3.00. The molecule has 0 saturated carbocycles. The van der Waals surface area contributed by atoms with E-state index in [2.05, 4.69) is 6.07 Å². The molecule has 1 atom stereocenters. The molecule has 0 radical (unpaired) electrons. The lowest BCUT2D eigenvalue weighted by molar-refractivity contribution is 0.404. The Morgan fingerprint density at radius 2 is 2.38 bits per heavy atom. The Kier molecular flexibility index (Phi) is 1.91. The first kappa shape index (κ1) is 8.09. The molecular formula is C10H9NO2. The number of ether oxygens (including phenoxy) is 2. The molecule has 1 saturated heterocycles. The smallest absolute Gasteiger partial charge is 0.136 e. The summed E-state index contributed by atoms with van der Waals surface area (Å²) in [5, 5.41) is 8.73. The first-order valence-corrected chi connectivity index (χ1v) is 4.05. The van der Waals surface area contributed by atoms with Gasteiger partial charge in [0.15, 0.2) is 0 Å². The van der Waals surface area contributed by atoms with Crippen LogP contribution in [0.25, 0.3) is 0 Å². The summed E-state index contributed by atoms with van der Waals surface area (Å²) in [7, 11) is 1.56. The van der Waals surface area contributed by atoms with Gasteiger partial charge in [-0.2, -0.15) is 5.26 Å². The van der Waals surface area contributed by atoms with E-state index in [1.54, 1.807) is 13.2 Å². The quantitative estimate of drug-likeness (QED) is 0.642. The van der Waals surface area contributed by atoms with E-state index in [1.165, 1.54) is 0 Å². The highest BCUT2D eigenvalue weighted by atomic mass is 16.6. The van der Waals surface area contributed by atoms with Crippen LogP contribution < -0.4 is 4.74 Å². The monoisotopic (exact) mass is 175 g/mol. The van der Waals surface area contributed by atoms with E-state index in [4.69, 9.17) is 14.7 Å². The fourth-order valence-electron chi connectivity index (χ4n) is 1.24. The van der Waals surface area contributed by atoms with Crippen molar-refractivity contribution in [2.24, 2.45) is 0 Å². The summed E-state index contributed by atoms with van der Waals surface area (Å²) in [5.74, 6) is 0.621. The van der Waals surface area contributed by atoms with E-state index in [-0.39, 0.29) is 6.10 Å². The summed E-state index contributed by atoms with van der Waals surface area (Å²) in [5.41, 5.74) is 1.64. The SMILES string of the molecule is COc1cc([C@@H]2CO2)ccc1C#N. The predicted octanol–water partition coefficient (Wildman–Crippen LogP) is 1.64. The van der Waals surface area contributed by atoms with E-state index in [0.717, 1.165) is 12.2 Å². The fourth-order valence-corrected chi connectivity index (χ4v) is 1.24. The molecule has 66 valence electrons. The molecule has 0 N–H and O–H groups in total. The zero-order chi connectivity index (χ0) is 9.26. The van der Waals surface area contributed by atoms with Crippen LogP contribution in [0, 0.1) is 11.3 Å². The van der Waals surface area contributed by atoms with Crippen molar-refractivity contribution in [2.45, 2.75) is 6.10 Å². The number of epoxide rings is 1. The van der Waals surface area contributed by atoms with Gasteiger partial charge in [-0.05, 0) is 17.7 Å². The van der Waals surface area contributed by atoms with Crippen LogP contribution in [0.2, 0.25) is 0 Å². The van der Waals surface area contributed by atoms with E-state index >= 15 is 0 Å². The highest BCUT2D eigenvalue weighted by Gasteiger charge is 2.25. The molecular weight excluding hydrogens is 166 g/mol. The Morgan fingerprint density at radius 3 is 2.92 bits per heavy atom. The minimum atomic E-state index is 0.210. The summed E-state index contributed by atoms with van der Waals surface area (Å²) in [4.78, 5) is 0. The molecule has 3 heteroatoms. The van der Waals surface area contributed by atoms with Crippen molar-refractivity contribution in [1.29, 1.82) is 5.26 Å². The lowest BCUT2D eigenvalue weighted by Crippen LogP contribution is -1.90. The van der Waals surface area contributed by atoms with Gasteiger partial charge in [-0.25, -0.2) is 0 Å². The lowest BCUT2D eigenvalue weighted by Gasteiger charge is -2.03. The number of rotatable bonds is 2. The third-order valence-electron chi connectivity index (χ3n) is 2.05. The molecule has 0 spiro atoms. The molecule has 1 heterocycles. The number of hydrogen-bond donors (Lipinski definition) is 0. The molecule has 1 aliphatic rings. The molecule has 1 fully saturated rings. The average molecular weight is 175 g/mol. The normalized spacial score (nSPS) is 19.2. The number of benzene rings is 1. The maximum atomic E-state index is 8.73. The third-order valence-corrected chi connectivity index (χ3v) is 2.05. The van der Waals surface area contributed by atoms with Gasteiger partial charge in [-0.3, -0.25) is 0 Å². The Labute approximate surface area is 76.5 Å². The second-order valence-electron chi connectivity index (χ2n) is 2.89. The van der Waals surface area contributed by atoms with Crippen molar-refractivity contribution >= 4 is 0 Å². The number of methoxy groups -OCH3 is 1. The van der Waals surface area contributed by atoms with E-state index < -0.39 is 0 Å². The Balaban J connectivity index is 2.38. The Hall–Kier alpha value is -1.53. The summed E-state index contributed by atoms with van der Waals surface area (Å²) in [6.45, 7) is 0.773. The van der Waals surface area contributed by atoms with Crippen LogP contribution in [0.1, 0.15) is 17.2 Å². The topological polar surface area (TPSA) is 45.5 Å². The molecule has 1 aromatic rings. The van der Waals surface area contributed by atoms with Gasteiger partial charge in [-0.1, -0.05) is 6.07 Å². The standard InChI is InChI=1S/C10H9NO2/c1-12-9-4-7(10-6-13-10)2-3-8(9)5-11/h2-4,10H,6H2,1H3/t10-/m0/s1. The zero-order valence-electron chi connectivity index (χ0n) is 7.28. The third kappa shape index (κ3) is 1.49. The summed E-state index contributed by atoms with van der Waals surface area (Å²) in [6, 6.07) is 7.59. The first-order valence-electron chi connectivity index (χ1n) is 4.05. The lowest BCUT2D eigenvalue weighted by atomic mass is 10.1. The molecule has 0 unspecified atom stereocenters. The summed E-state index contributed by atoms with van der Waals surface area (Å²) < 4.78 is 10.2. The molecule has 3 nitrogen and oxygen atoms in total. The van der Waals surface area contributed by atoms with Gasteiger partial charge in [0.1, 0.15) is 17.9 Å². The second-order valence-corrected chi connectivity index (χ2v) is 2.89. The van der Waals surface area contributed by atoms with Crippen LogP contribution in [0.5, 0.6) is 5.75 Å². The Morgan fingerprint density at radius 1 is 1.62 bits per heavy atom. The highest BCUT2D eigenvalue weighted by Crippen LogP contribution is 2.32. The molecule has 1 aliphatic heterocycles. The van der Waals surface area contributed by atoms with Crippen molar-refractivity contribution in [1.82, 2.24) is 0 Å². The molecule has 13 heavy (non-hydrogen) atoms. The molecule has 1 aromatic carbocycles. The van der Waals surface area contributed by atoms with Crippen LogP contribution in [0.4, 0.5) is 0 Å². The van der Waals surface area contributed by atoms with E-state index in [0.29, 0.717) is 11.3 Å². The fraction of sp³-hybridized carbons (Fsp3) is 0.300. The Bertz CT molecular complexity index is 364. The van der Waals surface area contributed by atoms with Gasteiger partial charge in [-0.15, -0.1) is 0 Å². The first-order chi connectivity index (χ1) is 6.35. The van der Waals surface area contributed by atoms with Crippen LogP contribution in [-0.4, -0.2) is 13.7 Å². The van der Waals surface area contributed by atoms with Crippen molar-refractivity contribution < 1.29 is 9.47 Å². The summed E-state index contributed by atoms with van der Waals surface area (Å²) >= 11 is 0. The van der Waals surface area contributed by atoms with E-state index in [1.807, 2.05) is 12.1 Å². The molecule has 2 rings (SSSR count). The number of nitriles is 1. The van der Waals surface area contributed by atoms with Gasteiger partial charge in [0.2, 0.25) is 0 Å². The van der Waals surface area contributed by atoms with Gasteiger partial charge in [0.05, 0.1) is 19.3 Å². The van der Waals surface area contributed by atoms with Crippen LogP contribution in [0.3, 0.4) is 0 Å². The van der Waals surface area contributed by atoms with Crippen LogP contribution in [-0.2, 0) is 4.74 Å². The molecule has 0 aliphatic carbocycles. The summed E-state index contributed by atoms with van der Waals surface area (Å²) in [6.07, 6.45) is 0.210. The molecule has 0 aromatic heterocycles.